The van der Waals surface area contributed by atoms with Crippen molar-refractivity contribution in [2.24, 2.45) is 5.92 Å². The topological polar surface area (TPSA) is 113 Å². The highest BCUT2D eigenvalue weighted by Gasteiger charge is 2.37. The van der Waals surface area contributed by atoms with Crippen molar-refractivity contribution in [3.8, 4) is 11.9 Å². The van der Waals surface area contributed by atoms with Crippen LogP contribution in [0.15, 0.2) is 36.9 Å². The monoisotopic (exact) mass is 462 g/mol. The number of hydrogen-bond donors (Lipinski definition) is 0. The standard InChI is InChI=1S/C23H23FN8O2/c1-15-26-14-29-31(15)22-11-21(27-13-28-22)30-5-2-17(3-6-30)23(33)32-20(4-7-34-32)18-8-16(12-25)9-19(24)10-18/h8-11,13-14,17,20H,2-7H2,1H3/t20-/m0/s1. The Morgan fingerprint density at radius 1 is 1.09 bits per heavy atom. The van der Waals surface area contributed by atoms with E-state index in [2.05, 4.69) is 25.0 Å². The van der Waals surface area contributed by atoms with E-state index in [0.29, 0.717) is 50.3 Å². The summed E-state index contributed by atoms with van der Waals surface area (Å²) in [6.07, 6.45) is 4.82. The van der Waals surface area contributed by atoms with Crippen LogP contribution in [-0.2, 0) is 9.63 Å². The summed E-state index contributed by atoms with van der Waals surface area (Å²) in [5.74, 6) is 1.33. The molecule has 0 spiro atoms. The number of rotatable bonds is 4. The first kappa shape index (κ1) is 21.9. The summed E-state index contributed by atoms with van der Waals surface area (Å²) in [5.41, 5.74) is 0.810. The van der Waals surface area contributed by atoms with Gasteiger partial charge in [0.15, 0.2) is 5.82 Å². The molecule has 5 rings (SSSR count). The maximum absolute atomic E-state index is 14.0. The Balaban J connectivity index is 1.26. The minimum absolute atomic E-state index is 0.105. The van der Waals surface area contributed by atoms with E-state index in [1.165, 1.54) is 29.9 Å². The van der Waals surface area contributed by atoms with E-state index < -0.39 is 11.9 Å². The van der Waals surface area contributed by atoms with Crippen molar-refractivity contribution in [3.05, 3.63) is 59.7 Å². The highest BCUT2D eigenvalue weighted by atomic mass is 19.1. The molecule has 3 aromatic rings. The first-order valence-corrected chi connectivity index (χ1v) is 11.1. The van der Waals surface area contributed by atoms with Gasteiger partial charge in [0.05, 0.1) is 24.3 Å². The summed E-state index contributed by atoms with van der Waals surface area (Å²) in [6.45, 7) is 3.53. The van der Waals surface area contributed by atoms with Crippen molar-refractivity contribution in [1.82, 2.24) is 29.8 Å². The van der Waals surface area contributed by atoms with Crippen LogP contribution in [0.1, 0.15) is 42.3 Å². The number of benzene rings is 1. The lowest BCUT2D eigenvalue weighted by molar-refractivity contribution is -0.182. The Morgan fingerprint density at radius 3 is 2.62 bits per heavy atom. The van der Waals surface area contributed by atoms with Crippen molar-refractivity contribution >= 4 is 11.7 Å². The molecular weight excluding hydrogens is 439 g/mol. The molecule has 10 nitrogen and oxygen atoms in total. The van der Waals surface area contributed by atoms with Gasteiger partial charge in [-0.15, -0.1) is 0 Å². The molecule has 0 saturated carbocycles. The minimum Gasteiger partial charge on any atom is -0.356 e. The van der Waals surface area contributed by atoms with Gasteiger partial charge in [-0.1, -0.05) is 0 Å². The predicted molar refractivity (Wildman–Crippen MR) is 118 cm³/mol. The molecule has 0 aliphatic carbocycles. The van der Waals surface area contributed by atoms with Crippen LogP contribution in [-0.4, -0.2) is 55.4 Å². The zero-order valence-electron chi connectivity index (χ0n) is 18.6. The van der Waals surface area contributed by atoms with Gasteiger partial charge in [0.1, 0.15) is 30.1 Å². The summed E-state index contributed by atoms with van der Waals surface area (Å²) in [5, 5.41) is 14.7. The molecule has 0 radical (unpaired) electrons. The Bertz CT molecular complexity index is 1250. The van der Waals surface area contributed by atoms with Crippen molar-refractivity contribution in [2.45, 2.75) is 32.2 Å². The van der Waals surface area contributed by atoms with Gasteiger partial charge in [0.2, 0.25) is 5.91 Å². The molecule has 0 bridgehead atoms. The van der Waals surface area contributed by atoms with Crippen LogP contribution in [0.25, 0.3) is 5.82 Å². The SMILES string of the molecule is Cc1ncnn1-c1cc(N2CCC(C(=O)N3OCC[C@H]3c3cc(F)cc(C#N)c3)CC2)ncn1. The average molecular weight is 462 g/mol. The molecule has 1 atom stereocenters. The number of carbonyl (C=O) groups excluding carboxylic acids is 1. The molecule has 2 aromatic heterocycles. The normalized spacial score (nSPS) is 18.8. The van der Waals surface area contributed by atoms with Gasteiger partial charge in [-0.3, -0.25) is 9.63 Å². The molecule has 11 heteroatoms. The Morgan fingerprint density at radius 2 is 1.88 bits per heavy atom. The number of piperidine rings is 1. The fourth-order valence-electron chi connectivity index (χ4n) is 4.54. The van der Waals surface area contributed by atoms with Crippen LogP contribution < -0.4 is 4.90 Å². The van der Waals surface area contributed by atoms with Crippen LogP contribution in [0.4, 0.5) is 10.2 Å². The van der Waals surface area contributed by atoms with Crippen molar-refractivity contribution < 1.29 is 14.0 Å². The molecule has 4 heterocycles. The summed E-state index contributed by atoms with van der Waals surface area (Å²) < 4.78 is 15.6. The van der Waals surface area contributed by atoms with Crippen molar-refractivity contribution in [2.75, 3.05) is 24.6 Å². The van der Waals surface area contributed by atoms with Crippen molar-refractivity contribution in [1.29, 1.82) is 5.26 Å². The number of anilines is 1. The molecule has 2 fully saturated rings. The van der Waals surface area contributed by atoms with Crippen LogP contribution >= 0.6 is 0 Å². The van der Waals surface area contributed by atoms with Crippen LogP contribution in [0.2, 0.25) is 0 Å². The lowest BCUT2D eigenvalue weighted by Gasteiger charge is -2.34. The van der Waals surface area contributed by atoms with Crippen LogP contribution in [0.3, 0.4) is 0 Å². The summed E-state index contributed by atoms with van der Waals surface area (Å²) in [6, 6.07) is 7.60. The third-order valence-electron chi connectivity index (χ3n) is 6.30. The van der Waals surface area contributed by atoms with Gasteiger partial charge in [-0.2, -0.15) is 15.0 Å². The quantitative estimate of drug-likeness (QED) is 0.581. The number of hydroxylamine groups is 2. The maximum Gasteiger partial charge on any atom is 0.249 e. The number of hydrogen-bond acceptors (Lipinski definition) is 8. The van der Waals surface area contributed by atoms with E-state index in [4.69, 9.17) is 10.1 Å². The number of amides is 1. The van der Waals surface area contributed by atoms with Crippen LogP contribution in [0.5, 0.6) is 0 Å². The van der Waals surface area contributed by atoms with Crippen LogP contribution in [0, 0.1) is 30.0 Å². The van der Waals surface area contributed by atoms with Gasteiger partial charge in [0.25, 0.3) is 0 Å². The number of aromatic nitrogens is 5. The average Bonchev–Trinajstić information content (AvgIpc) is 3.52. The number of halogens is 1. The molecule has 0 N–H and O–H groups in total. The Hall–Kier alpha value is -3.91. The third kappa shape index (κ3) is 4.20. The lowest BCUT2D eigenvalue weighted by atomic mass is 9.94. The zero-order valence-corrected chi connectivity index (χ0v) is 18.6. The molecule has 34 heavy (non-hydrogen) atoms. The molecule has 174 valence electrons. The maximum atomic E-state index is 14.0. The molecule has 2 saturated heterocycles. The second-order valence-electron chi connectivity index (χ2n) is 8.40. The number of nitrogens with zero attached hydrogens (tertiary/aromatic N) is 8. The third-order valence-corrected chi connectivity index (χ3v) is 6.30. The fourth-order valence-corrected chi connectivity index (χ4v) is 4.54. The Labute approximate surface area is 195 Å². The number of aryl methyl sites for hydroxylation is 1. The molecule has 1 aromatic carbocycles. The second kappa shape index (κ2) is 9.15. The van der Waals surface area contributed by atoms with Gasteiger partial charge >= 0.3 is 0 Å². The van der Waals surface area contributed by atoms with E-state index in [0.717, 1.165) is 11.6 Å². The minimum atomic E-state index is -0.494. The fraction of sp³-hybridized carbons (Fsp3) is 0.391. The van der Waals surface area contributed by atoms with E-state index >= 15 is 0 Å². The summed E-state index contributed by atoms with van der Waals surface area (Å²) in [7, 11) is 0. The summed E-state index contributed by atoms with van der Waals surface area (Å²) in [4.78, 5) is 33.9. The molecule has 0 unspecified atom stereocenters. The smallest absolute Gasteiger partial charge is 0.249 e. The first-order chi connectivity index (χ1) is 16.5. The van der Waals surface area contributed by atoms with E-state index in [-0.39, 0.29) is 17.4 Å². The lowest BCUT2D eigenvalue weighted by Crippen LogP contribution is -2.42. The Kier molecular flexibility index (Phi) is 5.90. The second-order valence-corrected chi connectivity index (χ2v) is 8.40. The highest BCUT2D eigenvalue weighted by molar-refractivity contribution is 5.79. The molecule has 1 amide bonds. The number of carbonyl (C=O) groups is 1. The van der Waals surface area contributed by atoms with Gasteiger partial charge in [-0.05, 0) is 43.5 Å². The van der Waals surface area contributed by atoms with Gasteiger partial charge < -0.3 is 4.90 Å². The molecular formula is C23H23FN8O2. The van der Waals surface area contributed by atoms with E-state index in [1.54, 1.807) is 10.7 Å². The molecule has 2 aliphatic heterocycles. The van der Waals surface area contributed by atoms with Crippen molar-refractivity contribution in [3.63, 3.8) is 0 Å². The largest absolute Gasteiger partial charge is 0.356 e. The predicted octanol–water partition coefficient (Wildman–Crippen LogP) is 2.50. The van der Waals surface area contributed by atoms with Gasteiger partial charge in [0, 0.05) is 31.5 Å². The number of nitriles is 1. The van der Waals surface area contributed by atoms with Gasteiger partial charge in [-0.25, -0.2) is 24.4 Å². The first-order valence-electron chi connectivity index (χ1n) is 11.1. The molecule has 2 aliphatic rings. The highest BCUT2D eigenvalue weighted by Crippen LogP contribution is 2.34. The summed E-state index contributed by atoms with van der Waals surface area (Å²) >= 11 is 0. The van der Waals surface area contributed by atoms with E-state index in [1.807, 2.05) is 19.1 Å². The zero-order chi connectivity index (χ0) is 23.7. The van der Waals surface area contributed by atoms with E-state index in [9.17, 15) is 9.18 Å².